The predicted octanol–water partition coefficient (Wildman–Crippen LogP) is 3.70. The largest absolute Gasteiger partial charge is 0.385 e. The van der Waals surface area contributed by atoms with Gasteiger partial charge in [-0.3, -0.25) is 0 Å². The lowest BCUT2D eigenvalue weighted by molar-refractivity contribution is -0.0295. The average Bonchev–Trinajstić information content (AvgIpc) is 2.17. The highest BCUT2D eigenvalue weighted by Gasteiger charge is 2.30. The van der Waals surface area contributed by atoms with E-state index < -0.39 is 18.4 Å². The Morgan fingerprint density at radius 1 is 1.33 bits per heavy atom. The number of alkyl halides is 2. The van der Waals surface area contributed by atoms with Crippen molar-refractivity contribution in [2.24, 2.45) is 0 Å². The van der Waals surface area contributed by atoms with E-state index in [0.29, 0.717) is 5.56 Å². The first-order valence-electron chi connectivity index (χ1n) is 4.74. The second-order valence-corrected chi connectivity index (χ2v) is 4.40. The summed E-state index contributed by atoms with van der Waals surface area (Å²) in [6.45, 7) is 1.70. The molecule has 0 aliphatic rings. The lowest BCUT2D eigenvalue weighted by Crippen LogP contribution is -2.27. The van der Waals surface area contributed by atoms with Crippen molar-refractivity contribution in [2.75, 3.05) is 0 Å². The van der Waals surface area contributed by atoms with Crippen molar-refractivity contribution in [3.05, 3.63) is 34.3 Å². The van der Waals surface area contributed by atoms with Gasteiger partial charge in [0.05, 0.1) is 5.60 Å². The molecule has 1 unspecified atom stereocenters. The molecule has 1 atom stereocenters. The van der Waals surface area contributed by atoms with Gasteiger partial charge in [0.25, 0.3) is 0 Å². The standard InChI is InChI=1S/C11H13BrF2O/c1-2-11(15,7-10(13)14)8-3-5-9(12)6-4-8/h3-6,10,15H,2,7H2,1H3. The van der Waals surface area contributed by atoms with Crippen LogP contribution in [-0.2, 0) is 5.60 Å². The summed E-state index contributed by atoms with van der Waals surface area (Å²) in [5.74, 6) is 0. The molecule has 0 heterocycles. The van der Waals surface area contributed by atoms with Crippen LogP contribution in [0.1, 0.15) is 25.3 Å². The number of rotatable bonds is 4. The minimum atomic E-state index is -2.50. The van der Waals surface area contributed by atoms with Gasteiger partial charge in [0.1, 0.15) is 0 Å². The Hall–Kier alpha value is -0.480. The third kappa shape index (κ3) is 3.24. The SMILES string of the molecule is CCC(O)(CC(F)F)c1ccc(Br)cc1. The van der Waals surface area contributed by atoms with E-state index in [9.17, 15) is 13.9 Å². The van der Waals surface area contributed by atoms with Crippen molar-refractivity contribution in [3.8, 4) is 0 Å². The van der Waals surface area contributed by atoms with Crippen LogP contribution in [0.5, 0.6) is 0 Å². The molecule has 0 saturated carbocycles. The molecule has 1 aromatic rings. The van der Waals surface area contributed by atoms with E-state index in [1.54, 1.807) is 31.2 Å². The number of hydrogen-bond acceptors (Lipinski definition) is 1. The van der Waals surface area contributed by atoms with Gasteiger partial charge < -0.3 is 5.11 Å². The fraction of sp³-hybridized carbons (Fsp3) is 0.455. The summed E-state index contributed by atoms with van der Waals surface area (Å²) < 4.78 is 25.5. The fourth-order valence-corrected chi connectivity index (χ4v) is 1.75. The van der Waals surface area contributed by atoms with E-state index in [-0.39, 0.29) is 6.42 Å². The summed E-state index contributed by atoms with van der Waals surface area (Å²) >= 11 is 3.26. The Labute approximate surface area is 96.2 Å². The summed E-state index contributed by atoms with van der Waals surface area (Å²) in [7, 11) is 0. The second-order valence-electron chi connectivity index (χ2n) is 3.49. The maximum atomic E-state index is 12.3. The molecule has 0 saturated heterocycles. The zero-order valence-corrected chi connectivity index (χ0v) is 9.97. The number of aliphatic hydroxyl groups is 1. The van der Waals surface area contributed by atoms with Crippen molar-refractivity contribution in [1.82, 2.24) is 0 Å². The molecule has 0 aromatic heterocycles. The first kappa shape index (κ1) is 12.6. The van der Waals surface area contributed by atoms with Gasteiger partial charge in [-0.25, -0.2) is 8.78 Å². The maximum Gasteiger partial charge on any atom is 0.241 e. The molecule has 1 rings (SSSR count). The lowest BCUT2D eigenvalue weighted by Gasteiger charge is -2.27. The van der Waals surface area contributed by atoms with E-state index in [4.69, 9.17) is 0 Å². The molecule has 0 bridgehead atoms. The van der Waals surface area contributed by atoms with Gasteiger partial charge in [0, 0.05) is 10.9 Å². The highest BCUT2D eigenvalue weighted by Crippen LogP contribution is 2.31. The van der Waals surface area contributed by atoms with Crippen LogP contribution in [0.25, 0.3) is 0 Å². The highest BCUT2D eigenvalue weighted by molar-refractivity contribution is 9.10. The van der Waals surface area contributed by atoms with Gasteiger partial charge in [0.2, 0.25) is 6.43 Å². The minimum absolute atomic E-state index is 0.277. The van der Waals surface area contributed by atoms with Crippen molar-refractivity contribution in [3.63, 3.8) is 0 Å². The Bertz CT molecular complexity index is 313. The third-order valence-electron chi connectivity index (χ3n) is 2.46. The van der Waals surface area contributed by atoms with Gasteiger partial charge in [-0.1, -0.05) is 35.0 Å². The van der Waals surface area contributed by atoms with E-state index in [0.717, 1.165) is 4.47 Å². The predicted molar refractivity (Wildman–Crippen MR) is 59.0 cm³/mol. The molecule has 0 amide bonds. The first-order valence-corrected chi connectivity index (χ1v) is 5.54. The Morgan fingerprint density at radius 2 is 1.87 bits per heavy atom. The summed E-state index contributed by atoms with van der Waals surface area (Å²) in [5.41, 5.74) is -0.886. The van der Waals surface area contributed by atoms with Crippen molar-refractivity contribution in [2.45, 2.75) is 31.8 Å². The molecular formula is C11H13BrF2O. The van der Waals surface area contributed by atoms with Crippen molar-refractivity contribution in [1.29, 1.82) is 0 Å². The molecular weight excluding hydrogens is 266 g/mol. The van der Waals surface area contributed by atoms with Gasteiger partial charge in [-0.15, -0.1) is 0 Å². The molecule has 0 radical (unpaired) electrons. The lowest BCUT2D eigenvalue weighted by atomic mass is 9.88. The second kappa shape index (κ2) is 5.03. The Balaban J connectivity index is 2.95. The fourth-order valence-electron chi connectivity index (χ4n) is 1.48. The van der Waals surface area contributed by atoms with Crippen LogP contribution in [0.4, 0.5) is 8.78 Å². The molecule has 4 heteroatoms. The van der Waals surface area contributed by atoms with E-state index in [1.807, 2.05) is 0 Å². The van der Waals surface area contributed by atoms with Gasteiger partial charge >= 0.3 is 0 Å². The topological polar surface area (TPSA) is 20.2 Å². The van der Waals surface area contributed by atoms with Crippen LogP contribution in [0.15, 0.2) is 28.7 Å². The van der Waals surface area contributed by atoms with Crippen LogP contribution >= 0.6 is 15.9 Å². The van der Waals surface area contributed by atoms with Crippen molar-refractivity contribution >= 4 is 15.9 Å². The van der Waals surface area contributed by atoms with Gasteiger partial charge in [0.15, 0.2) is 0 Å². The number of hydrogen-bond donors (Lipinski definition) is 1. The Kier molecular flexibility index (Phi) is 4.22. The molecule has 1 aromatic carbocycles. The number of halogens is 3. The molecule has 0 aliphatic heterocycles. The van der Waals surface area contributed by atoms with E-state index in [2.05, 4.69) is 15.9 Å². The van der Waals surface area contributed by atoms with Crippen molar-refractivity contribution < 1.29 is 13.9 Å². The summed E-state index contributed by atoms with van der Waals surface area (Å²) in [6, 6.07) is 6.80. The monoisotopic (exact) mass is 278 g/mol. The molecule has 0 spiro atoms. The van der Waals surface area contributed by atoms with E-state index in [1.165, 1.54) is 0 Å². The summed E-state index contributed by atoms with van der Waals surface area (Å²) in [4.78, 5) is 0. The zero-order chi connectivity index (χ0) is 11.5. The normalized spacial score (nSPS) is 15.3. The van der Waals surface area contributed by atoms with Crippen LogP contribution in [0.2, 0.25) is 0 Å². The molecule has 15 heavy (non-hydrogen) atoms. The summed E-state index contributed by atoms with van der Waals surface area (Å²) in [5, 5.41) is 10.1. The highest BCUT2D eigenvalue weighted by atomic mass is 79.9. The summed E-state index contributed by atoms with van der Waals surface area (Å²) in [6.07, 6.45) is -2.75. The van der Waals surface area contributed by atoms with Gasteiger partial charge in [-0.2, -0.15) is 0 Å². The molecule has 0 fully saturated rings. The van der Waals surface area contributed by atoms with E-state index >= 15 is 0 Å². The quantitative estimate of drug-likeness (QED) is 0.891. The van der Waals surface area contributed by atoms with Crippen LogP contribution in [0.3, 0.4) is 0 Å². The first-order chi connectivity index (χ1) is 6.98. The smallest absolute Gasteiger partial charge is 0.241 e. The van der Waals surface area contributed by atoms with Gasteiger partial charge in [-0.05, 0) is 24.1 Å². The third-order valence-corrected chi connectivity index (χ3v) is 2.99. The Morgan fingerprint density at radius 3 is 2.27 bits per heavy atom. The average molecular weight is 279 g/mol. The molecule has 1 N–H and O–H groups in total. The van der Waals surface area contributed by atoms with Crippen LogP contribution < -0.4 is 0 Å². The molecule has 1 nitrogen and oxygen atoms in total. The maximum absolute atomic E-state index is 12.3. The minimum Gasteiger partial charge on any atom is -0.385 e. The van der Waals surface area contributed by atoms with Crippen LogP contribution in [-0.4, -0.2) is 11.5 Å². The van der Waals surface area contributed by atoms with Crippen LogP contribution in [0, 0.1) is 0 Å². The number of benzene rings is 1. The molecule has 84 valence electrons. The molecule has 0 aliphatic carbocycles. The zero-order valence-electron chi connectivity index (χ0n) is 8.38.